The van der Waals surface area contributed by atoms with Gasteiger partial charge in [0, 0.05) is 38.6 Å². The zero-order valence-electron chi connectivity index (χ0n) is 18.6. The Bertz CT molecular complexity index is 1270. The van der Waals surface area contributed by atoms with Crippen LogP contribution in [0, 0.1) is 0 Å². The van der Waals surface area contributed by atoms with Crippen LogP contribution in [-0.2, 0) is 10.0 Å². The van der Waals surface area contributed by atoms with Gasteiger partial charge in [-0.05, 0) is 65.9 Å². The molecule has 1 aliphatic rings. The summed E-state index contributed by atoms with van der Waals surface area (Å²) < 4.78 is 28.1. The van der Waals surface area contributed by atoms with E-state index in [9.17, 15) is 13.2 Å². The summed E-state index contributed by atoms with van der Waals surface area (Å²) in [6.45, 7) is 1.65. The van der Waals surface area contributed by atoms with E-state index in [1.807, 2.05) is 12.3 Å². The van der Waals surface area contributed by atoms with E-state index in [4.69, 9.17) is 0 Å². The molecular weight excluding hydrogens is 462 g/mol. The number of benzene rings is 2. The van der Waals surface area contributed by atoms with Gasteiger partial charge in [-0.3, -0.25) is 4.79 Å². The predicted octanol–water partition coefficient (Wildman–Crippen LogP) is 2.49. The van der Waals surface area contributed by atoms with Gasteiger partial charge in [0.2, 0.25) is 15.2 Å². The Balaban J connectivity index is 1.69. The van der Waals surface area contributed by atoms with Crippen molar-refractivity contribution >= 4 is 39.1 Å². The first-order valence-corrected chi connectivity index (χ1v) is 13.0. The quantitative estimate of drug-likeness (QED) is 0.506. The van der Waals surface area contributed by atoms with E-state index >= 15 is 0 Å². The van der Waals surface area contributed by atoms with Gasteiger partial charge in [-0.15, -0.1) is 5.10 Å². The van der Waals surface area contributed by atoms with Crippen LogP contribution in [0.2, 0.25) is 0 Å². The Hall–Kier alpha value is -2.96. The van der Waals surface area contributed by atoms with E-state index in [0.717, 1.165) is 35.9 Å². The molecule has 10 nitrogen and oxygen atoms in total. The van der Waals surface area contributed by atoms with Crippen molar-refractivity contribution in [2.45, 2.75) is 22.9 Å². The molecule has 1 N–H and O–H groups in total. The standard InChI is InChI=1S/C21H25N7O3S2/c1-26(2)33(30,31)17-9-10-19(27-11-4-5-12-27)18(14-17)20(29)22-15-7-6-8-16(13-15)28-21(32-3)23-24-25-28/h6-10,13-14H,4-5,11-12H2,1-3H3,(H,22,29). The summed E-state index contributed by atoms with van der Waals surface area (Å²) in [4.78, 5) is 15.6. The number of carbonyl (C=O) groups excluding carboxylic acids is 1. The van der Waals surface area contributed by atoms with Crippen molar-refractivity contribution in [3.8, 4) is 5.69 Å². The summed E-state index contributed by atoms with van der Waals surface area (Å²) in [6.07, 6.45) is 3.94. The van der Waals surface area contributed by atoms with Gasteiger partial charge in [-0.2, -0.15) is 4.68 Å². The number of anilines is 2. The van der Waals surface area contributed by atoms with Crippen LogP contribution in [0.5, 0.6) is 0 Å². The molecule has 0 aliphatic carbocycles. The summed E-state index contributed by atoms with van der Waals surface area (Å²) in [7, 11) is -0.745. The van der Waals surface area contributed by atoms with Crippen LogP contribution in [0.25, 0.3) is 5.69 Å². The number of hydrogen-bond acceptors (Lipinski definition) is 8. The van der Waals surface area contributed by atoms with Gasteiger partial charge in [-0.25, -0.2) is 12.7 Å². The lowest BCUT2D eigenvalue weighted by Crippen LogP contribution is -2.25. The second kappa shape index (κ2) is 9.49. The van der Waals surface area contributed by atoms with E-state index in [1.54, 1.807) is 35.0 Å². The van der Waals surface area contributed by atoms with Gasteiger partial charge in [0.25, 0.3) is 5.91 Å². The van der Waals surface area contributed by atoms with E-state index in [2.05, 4.69) is 25.7 Å². The summed E-state index contributed by atoms with van der Waals surface area (Å²) in [6, 6.07) is 11.9. The molecule has 33 heavy (non-hydrogen) atoms. The van der Waals surface area contributed by atoms with E-state index in [0.29, 0.717) is 22.1 Å². The molecule has 1 saturated heterocycles. The molecule has 0 atom stereocenters. The van der Waals surface area contributed by atoms with Gasteiger partial charge >= 0.3 is 0 Å². The number of tetrazole rings is 1. The van der Waals surface area contributed by atoms with Crippen molar-refractivity contribution in [2.75, 3.05) is 43.7 Å². The SMILES string of the molecule is CSc1nnnn1-c1cccc(NC(=O)c2cc(S(=O)(=O)N(C)C)ccc2N2CCCC2)c1. The molecule has 174 valence electrons. The minimum atomic E-state index is -3.68. The number of nitrogens with zero attached hydrogens (tertiary/aromatic N) is 6. The fourth-order valence-corrected chi connectivity index (χ4v) is 5.05. The lowest BCUT2D eigenvalue weighted by atomic mass is 10.1. The third kappa shape index (κ3) is 4.72. The Morgan fingerprint density at radius 3 is 2.58 bits per heavy atom. The largest absolute Gasteiger partial charge is 0.371 e. The molecule has 0 radical (unpaired) electrons. The van der Waals surface area contributed by atoms with E-state index < -0.39 is 10.0 Å². The number of nitrogens with one attached hydrogen (secondary N) is 1. The number of aromatic nitrogens is 4. The van der Waals surface area contributed by atoms with Crippen LogP contribution in [0.1, 0.15) is 23.2 Å². The van der Waals surface area contributed by atoms with Crippen LogP contribution < -0.4 is 10.2 Å². The van der Waals surface area contributed by atoms with Crippen molar-refractivity contribution < 1.29 is 13.2 Å². The highest BCUT2D eigenvalue weighted by atomic mass is 32.2. The topological polar surface area (TPSA) is 113 Å². The number of hydrogen-bond donors (Lipinski definition) is 1. The Kier molecular flexibility index (Phi) is 6.68. The van der Waals surface area contributed by atoms with Crippen molar-refractivity contribution in [1.29, 1.82) is 0 Å². The third-order valence-corrected chi connectivity index (χ3v) is 7.84. The molecule has 2 heterocycles. The fraction of sp³-hybridized carbons (Fsp3) is 0.333. The molecule has 1 fully saturated rings. The number of carbonyl (C=O) groups is 1. The normalized spacial score (nSPS) is 14.1. The molecular formula is C21H25N7O3S2. The number of thioether (sulfide) groups is 1. The Labute approximate surface area is 197 Å². The monoisotopic (exact) mass is 487 g/mol. The average molecular weight is 488 g/mol. The number of amides is 1. The minimum absolute atomic E-state index is 0.0765. The second-order valence-electron chi connectivity index (χ2n) is 7.74. The first kappa shape index (κ1) is 23.2. The van der Waals surface area contributed by atoms with E-state index in [1.165, 1.54) is 31.9 Å². The lowest BCUT2D eigenvalue weighted by Gasteiger charge is -2.22. The second-order valence-corrected chi connectivity index (χ2v) is 10.7. The maximum Gasteiger partial charge on any atom is 0.257 e. The highest BCUT2D eigenvalue weighted by molar-refractivity contribution is 7.98. The zero-order valence-corrected chi connectivity index (χ0v) is 20.2. The predicted molar refractivity (Wildman–Crippen MR) is 128 cm³/mol. The molecule has 1 amide bonds. The first-order valence-electron chi connectivity index (χ1n) is 10.4. The van der Waals surface area contributed by atoms with Crippen molar-refractivity contribution in [3.05, 3.63) is 48.0 Å². The van der Waals surface area contributed by atoms with Crippen LogP contribution in [-0.4, -0.2) is 72.3 Å². The first-order chi connectivity index (χ1) is 15.8. The minimum Gasteiger partial charge on any atom is -0.371 e. The van der Waals surface area contributed by atoms with Gasteiger partial charge in [0.05, 0.1) is 16.1 Å². The molecule has 0 spiro atoms. The van der Waals surface area contributed by atoms with Gasteiger partial charge < -0.3 is 10.2 Å². The van der Waals surface area contributed by atoms with Crippen LogP contribution in [0.4, 0.5) is 11.4 Å². The van der Waals surface area contributed by atoms with Gasteiger partial charge in [-0.1, -0.05) is 17.8 Å². The van der Waals surface area contributed by atoms with Gasteiger partial charge in [0.1, 0.15) is 0 Å². The van der Waals surface area contributed by atoms with Gasteiger partial charge in [0.15, 0.2) is 0 Å². The maximum absolute atomic E-state index is 13.4. The van der Waals surface area contributed by atoms with Crippen molar-refractivity contribution in [1.82, 2.24) is 24.5 Å². The maximum atomic E-state index is 13.4. The Morgan fingerprint density at radius 1 is 1.12 bits per heavy atom. The highest BCUT2D eigenvalue weighted by Crippen LogP contribution is 2.29. The number of sulfonamides is 1. The van der Waals surface area contributed by atoms with Crippen LogP contribution >= 0.6 is 11.8 Å². The smallest absolute Gasteiger partial charge is 0.257 e. The molecule has 1 aromatic heterocycles. The third-order valence-electron chi connectivity index (χ3n) is 5.41. The molecule has 4 rings (SSSR count). The summed E-state index contributed by atoms with van der Waals surface area (Å²) in [5.74, 6) is -0.383. The fourth-order valence-electron chi connectivity index (χ4n) is 3.68. The summed E-state index contributed by atoms with van der Waals surface area (Å²) >= 11 is 1.41. The molecule has 3 aromatic rings. The molecule has 2 aromatic carbocycles. The van der Waals surface area contributed by atoms with Crippen LogP contribution in [0.3, 0.4) is 0 Å². The molecule has 0 unspecified atom stereocenters. The van der Waals surface area contributed by atoms with Crippen molar-refractivity contribution in [3.63, 3.8) is 0 Å². The zero-order chi connectivity index (χ0) is 23.6. The molecule has 0 bridgehead atoms. The summed E-state index contributed by atoms with van der Waals surface area (Å²) in [5, 5.41) is 15.2. The highest BCUT2D eigenvalue weighted by Gasteiger charge is 2.25. The molecule has 1 aliphatic heterocycles. The van der Waals surface area contributed by atoms with Crippen LogP contribution in [0.15, 0.2) is 52.5 Å². The average Bonchev–Trinajstić information content (AvgIpc) is 3.50. The molecule has 12 heteroatoms. The number of rotatable bonds is 7. The summed E-state index contributed by atoms with van der Waals surface area (Å²) in [5.41, 5.74) is 2.29. The van der Waals surface area contributed by atoms with Crippen molar-refractivity contribution in [2.24, 2.45) is 0 Å². The molecule has 0 saturated carbocycles. The lowest BCUT2D eigenvalue weighted by molar-refractivity contribution is 0.102. The van der Waals surface area contributed by atoms with E-state index in [-0.39, 0.29) is 10.8 Å². The Morgan fingerprint density at radius 2 is 1.88 bits per heavy atom.